The van der Waals surface area contributed by atoms with Gasteiger partial charge in [-0.2, -0.15) is 0 Å². The highest BCUT2D eigenvalue weighted by Gasteiger charge is 2.10. The van der Waals surface area contributed by atoms with Crippen LogP contribution >= 0.6 is 22.7 Å². The lowest BCUT2D eigenvalue weighted by Gasteiger charge is -2.04. The Hall–Kier alpha value is -2.84. The second kappa shape index (κ2) is 7.19. The van der Waals surface area contributed by atoms with Crippen LogP contribution in [0.25, 0.3) is 22.0 Å². The zero-order valence-electron chi connectivity index (χ0n) is 13.8. The van der Waals surface area contributed by atoms with Crippen LogP contribution in [0.3, 0.4) is 0 Å². The smallest absolute Gasteiger partial charge is 0.251 e. The molecule has 0 radical (unpaired) electrons. The van der Waals surface area contributed by atoms with Crippen molar-refractivity contribution in [2.75, 3.05) is 0 Å². The molecule has 6 nitrogen and oxygen atoms in total. The molecule has 0 atom stereocenters. The van der Waals surface area contributed by atoms with Crippen molar-refractivity contribution in [2.24, 2.45) is 0 Å². The summed E-state index contributed by atoms with van der Waals surface area (Å²) in [7, 11) is 0. The van der Waals surface area contributed by atoms with Gasteiger partial charge in [-0.1, -0.05) is 0 Å². The molecule has 0 aliphatic heterocycles. The second-order valence-electron chi connectivity index (χ2n) is 5.52. The zero-order valence-corrected chi connectivity index (χ0v) is 15.4. The van der Waals surface area contributed by atoms with Gasteiger partial charge >= 0.3 is 0 Å². The van der Waals surface area contributed by atoms with Crippen LogP contribution in [0.4, 0.5) is 0 Å². The lowest BCUT2D eigenvalue weighted by atomic mass is 10.1. The van der Waals surface area contributed by atoms with Crippen molar-refractivity contribution < 1.29 is 9.21 Å². The van der Waals surface area contributed by atoms with Crippen molar-refractivity contribution in [3.05, 3.63) is 63.6 Å². The van der Waals surface area contributed by atoms with E-state index in [1.165, 1.54) is 6.39 Å². The Bertz CT molecular complexity index is 1020. The van der Waals surface area contributed by atoms with Gasteiger partial charge in [-0.15, -0.1) is 32.9 Å². The van der Waals surface area contributed by atoms with E-state index in [9.17, 15) is 4.79 Å². The number of thiazole rings is 1. The second-order valence-corrected chi connectivity index (χ2v) is 7.75. The van der Waals surface area contributed by atoms with Crippen LogP contribution in [0.1, 0.15) is 20.2 Å². The van der Waals surface area contributed by atoms with Crippen molar-refractivity contribution in [3.8, 4) is 22.0 Å². The first-order valence-corrected chi connectivity index (χ1v) is 9.55. The predicted molar refractivity (Wildman–Crippen MR) is 101 cm³/mol. The first-order valence-electron chi connectivity index (χ1n) is 7.85. The predicted octanol–water partition coefficient (Wildman–Crippen LogP) is 4.16. The van der Waals surface area contributed by atoms with Gasteiger partial charge in [0.1, 0.15) is 0 Å². The third kappa shape index (κ3) is 3.56. The largest absolute Gasteiger partial charge is 0.423 e. The van der Waals surface area contributed by atoms with Gasteiger partial charge in [0.25, 0.3) is 5.91 Å². The van der Waals surface area contributed by atoms with Crippen LogP contribution < -0.4 is 5.32 Å². The molecular weight excluding hydrogens is 368 g/mol. The van der Waals surface area contributed by atoms with E-state index in [-0.39, 0.29) is 5.91 Å². The summed E-state index contributed by atoms with van der Waals surface area (Å²) in [4.78, 5) is 19.0. The number of rotatable bonds is 5. The number of nitrogens with one attached hydrogen (secondary N) is 1. The molecule has 0 saturated heterocycles. The number of amides is 1. The first kappa shape index (κ1) is 16.6. The Morgan fingerprint density at radius 2 is 2.04 bits per heavy atom. The highest BCUT2D eigenvalue weighted by Crippen LogP contribution is 2.29. The molecule has 0 aliphatic carbocycles. The van der Waals surface area contributed by atoms with Gasteiger partial charge in [-0.25, -0.2) is 4.98 Å². The van der Waals surface area contributed by atoms with E-state index in [4.69, 9.17) is 4.42 Å². The number of hydrogen-bond donors (Lipinski definition) is 1. The average molecular weight is 382 g/mol. The Balaban J connectivity index is 1.39. The molecule has 0 saturated carbocycles. The van der Waals surface area contributed by atoms with E-state index in [0.29, 0.717) is 18.0 Å². The SMILES string of the molecule is Cc1nc(-c2ccc(CNC(=O)c3ccc(-c4nnco4)cc3)s2)cs1. The van der Waals surface area contributed by atoms with Gasteiger partial charge in [0, 0.05) is 21.4 Å². The molecule has 1 aromatic carbocycles. The van der Waals surface area contributed by atoms with Gasteiger partial charge in [-0.3, -0.25) is 4.79 Å². The maximum absolute atomic E-state index is 12.3. The monoisotopic (exact) mass is 382 g/mol. The third-order valence-corrected chi connectivity index (χ3v) is 5.59. The van der Waals surface area contributed by atoms with Crippen molar-refractivity contribution in [3.63, 3.8) is 0 Å². The fraction of sp³-hybridized carbons (Fsp3) is 0.111. The number of thiophene rings is 1. The van der Waals surface area contributed by atoms with Crippen LogP contribution in [0.2, 0.25) is 0 Å². The van der Waals surface area contributed by atoms with Crippen LogP contribution in [0.5, 0.6) is 0 Å². The Morgan fingerprint density at radius 1 is 1.19 bits per heavy atom. The van der Waals surface area contributed by atoms with Crippen LogP contribution in [-0.4, -0.2) is 21.1 Å². The Kier molecular flexibility index (Phi) is 4.59. The number of aryl methyl sites for hydroxylation is 1. The van der Waals surface area contributed by atoms with E-state index < -0.39 is 0 Å². The van der Waals surface area contributed by atoms with Crippen LogP contribution in [-0.2, 0) is 6.54 Å². The lowest BCUT2D eigenvalue weighted by molar-refractivity contribution is 0.0951. The van der Waals surface area contributed by atoms with Gasteiger partial charge in [0.2, 0.25) is 12.3 Å². The standard InChI is InChI=1S/C18H14N4O2S2/c1-11-21-15(9-25-11)16-7-6-14(26-16)8-19-17(23)12-2-4-13(5-3-12)18-22-20-10-24-18/h2-7,9-10H,8H2,1H3,(H,19,23). The number of nitrogens with zero attached hydrogens (tertiary/aromatic N) is 3. The number of hydrogen-bond acceptors (Lipinski definition) is 7. The molecule has 4 rings (SSSR count). The summed E-state index contributed by atoms with van der Waals surface area (Å²) < 4.78 is 5.14. The van der Waals surface area contributed by atoms with Gasteiger partial charge in [0.15, 0.2) is 0 Å². The molecule has 1 amide bonds. The summed E-state index contributed by atoms with van der Waals surface area (Å²) in [6.07, 6.45) is 1.28. The maximum atomic E-state index is 12.3. The summed E-state index contributed by atoms with van der Waals surface area (Å²) in [5.74, 6) is 0.307. The molecule has 8 heteroatoms. The average Bonchev–Trinajstić information content (AvgIpc) is 3.41. The number of carbonyl (C=O) groups excluding carboxylic acids is 1. The molecule has 3 aromatic heterocycles. The molecule has 130 valence electrons. The summed E-state index contributed by atoms with van der Waals surface area (Å²) in [5.41, 5.74) is 2.35. The fourth-order valence-electron chi connectivity index (χ4n) is 2.42. The molecule has 4 aromatic rings. The maximum Gasteiger partial charge on any atom is 0.251 e. The Labute approximate surface area is 157 Å². The van der Waals surface area contributed by atoms with Crippen molar-refractivity contribution in [1.82, 2.24) is 20.5 Å². The molecular formula is C18H14N4O2S2. The zero-order chi connectivity index (χ0) is 17.9. The van der Waals surface area contributed by atoms with Crippen LogP contribution in [0, 0.1) is 6.92 Å². The van der Waals surface area contributed by atoms with Gasteiger partial charge in [0.05, 0.1) is 22.1 Å². The Morgan fingerprint density at radius 3 is 2.73 bits per heavy atom. The highest BCUT2D eigenvalue weighted by molar-refractivity contribution is 7.16. The van der Waals surface area contributed by atoms with E-state index in [1.54, 1.807) is 46.9 Å². The molecule has 0 bridgehead atoms. The molecule has 0 fully saturated rings. The minimum atomic E-state index is -0.124. The molecule has 0 aliphatic rings. The fourth-order valence-corrected chi connectivity index (χ4v) is 4.02. The topological polar surface area (TPSA) is 80.9 Å². The van der Waals surface area contributed by atoms with E-state index in [1.807, 2.05) is 19.1 Å². The lowest BCUT2D eigenvalue weighted by Crippen LogP contribution is -2.22. The third-order valence-electron chi connectivity index (χ3n) is 3.71. The van der Waals surface area contributed by atoms with Crippen molar-refractivity contribution in [1.29, 1.82) is 0 Å². The van der Waals surface area contributed by atoms with E-state index in [2.05, 4.69) is 25.9 Å². The van der Waals surface area contributed by atoms with Crippen molar-refractivity contribution in [2.45, 2.75) is 13.5 Å². The molecule has 0 unspecified atom stereocenters. The summed E-state index contributed by atoms with van der Waals surface area (Å²) >= 11 is 3.27. The molecule has 26 heavy (non-hydrogen) atoms. The van der Waals surface area contributed by atoms with E-state index in [0.717, 1.165) is 26.0 Å². The normalized spacial score (nSPS) is 10.8. The van der Waals surface area contributed by atoms with Gasteiger partial charge in [-0.05, 0) is 43.3 Å². The molecule has 1 N–H and O–H groups in total. The highest BCUT2D eigenvalue weighted by atomic mass is 32.1. The molecule has 3 heterocycles. The number of carbonyl (C=O) groups is 1. The first-order chi connectivity index (χ1) is 12.7. The minimum absolute atomic E-state index is 0.124. The van der Waals surface area contributed by atoms with Gasteiger partial charge < -0.3 is 9.73 Å². The summed E-state index contributed by atoms with van der Waals surface area (Å²) in [6.45, 7) is 2.48. The minimum Gasteiger partial charge on any atom is -0.423 e. The quantitative estimate of drug-likeness (QED) is 0.560. The summed E-state index contributed by atoms with van der Waals surface area (Å²) in [5, 5.41) is 13.5. The number of aromatic nitrogens is 3. The van der Waals surface area contributed by atoms with Crippen LogP contribution in [0.15, 0.2) is 52.6 Å². The number of benzene rings is 1. The molecule has 0 spiro atoms. The van der Waals surface area contributed by atoms with E-state index >= 15 is 0 Å². The van der Waals surface area contributed by atoms with Crippen molar-refractivity contribution >= 4 is 28.6 Å². The summed E-state index contributed by atoms with van der Waals surface area (Å²) in [6, 6.07) is 11.1.